The van der Waals surface area contributed by atoms with E-state index in [1.54, 1.807) is 0 Å². The van der Waals surface area contributed by atoms with Crippen molar-refractivity contribution in [3.8, 4) is 0 Å². The maximum absolute atomic E-state index is 5.63. The van der Waals surface area contributed by atoms with Gasteiger partial charge in [-0.05, 0) is 56.8 Å². The Morgan fingerprint density at radius 3 is 2.58 bits per heavy atom. The Morgan fingerprint density at radius 1 is 1.17 bits per heavy atom. The highest BCUT2D eigenvalue weighted by molar-refractivity contribution is 7.80. The summed E-state index contributed by atoms with van der Waals surface area (Å²) < 4.78 is 0. The first-order chi connectivity index (χ1) is 11.5. The van der Waals surface area contributed by atoms with E-state index in [9.17, 15) is 0 Å². The molecule has 0 amide bonds. The normalized spacial score (nSPS) is 17.7. The number of rotatable bonds is 2. The number of pyridine rings is 1. The minimum absolute atomic E-state index is 0.339. The van der Waals surface area contributed by atoms with Gasteiger partial charge in [-0.15, -0.1) is 0 Å². The molecule has 1 aromatic carbocycles. The van der Waals surface area contributed by atoms with Crippen LogP contribution in [0.5, 0.6) is 0 Å². The summed E-state index contributed by atoms with van der Waals surface area (Å²) in [6, 6.07) is 12.8. The lowest BCUT2D eigenvalue weighted by molar-refractivity contribution is 0.301. The van der Waals surface area contributed by atoms with Gasteiger partial charge in [0.15, 0.2) is 5.11 Å². The van der Waals surface area contributed by atoms with Crippen LogP contribution in [0.3, 0.4) is 0 Å². The minimum atomic E-state index is 0.339. The fraction of sp³-hybridized carbons (Fsp3) is 0.368. The van der Waals surface area contributed by atoms with Crippen LogP contribution >= 0.6 is 12.2 Å². The fourth-order valence-electron chi connectivity index (χ4n) is 3.09. The molecule has 1 fully saturated rings. The summed E-state index contributed by atoms with van der Waals surface area (Å²) in [6.45, 7) is 9.17. The summed E-state index contributed by atoms with van der Waals surface area (Å²) in [5.74, 6) is 1.08. The zero-order chi connectivity index (χ0) is 17.1. The highest BCUT2D eigenvalue weighted by atomic mass is 32.1. The van der Waals surface area contributed by atoms with Gasteiger partial charge in [0, 0.05) is 37.6 Å². The van der Waals surface area contributed by atoms with Crippen molar-refractivity contribution in [2.45, 2.75) is 26.8 Å². The van der Waals surface area contributed by atoms with E-state index < -0.39 is 0 Å². The molecule has 24 heavy (non-hydrogen) atoms. The number of thiocarbonyl (C=S) groups is 1. The van der Waals surface area contributed by atoms with Gasteiger partial charge in [-0.1, -0.05) is 23.8 Å². The maximum atomic E-state index is 5.63. The Bertz CT molecular complexity index is 714. The lowest BCUT2D eigenvalue weighted by atomic mass is 10.1. The van der Waals surface area contributed by atoms with Crippen LogP contribution in [0, 0.1) is 13.8 Å². The summed E-state index contributed by atoms with van der Waals surface area (Å²) in [4.78, 5) is 9.16. The highest BCUT2D eigenvalue weighted by Gasteiger charge is 2.26. The number of piperazine rings is 1. The van der Waals surface area contributed by atoms with E-state index in [4.69, 9.17) is 12.2 Å². The van der Waals surface area contributed by atoms with Crippen molar-refractivity contribution in [2.24, 2.45) is 0 Å². The second-order valence-corrected chi connectivity index (χ2v) is 6.82. The molecular formula is C19H24N4S. The first-order valence-corrected chi connectivity index (χ1v) is 8.76. The summed E-state index contributed by atoms with van der Waals surface area (Å²) in [7, 11) is 0. The molecule has 5 heteroatoms. The average Bonchev–Trinajstić information content (AvgIpc) is 2.57. The second-order valence-electron chi connectivity index (χ2n) is 6.43. The van der Waals surface area contributed by atoms with Crippen LogP contribution in [0.1, 0.15) is 18.1 Å². The molecule has 1 N–H and O–H groups in total. The molecule has 2 aromatic rings. The summed E-state index contributed by atoms with van der Waals surface area (Å²) >= 11 is 5.63. The highest BCUT2D eigenvalue weighted by Crippen LogP contribution is 2.21. The van der Waals surface area contributed by atoms with Crippen molar-refractivity contribution >= 4 is 28.8 Å². The monoisotopic (exact) mass is 340 g/mol. The third-order valence-electron chi connectivity index (χ3n) is 4.47. The predicted octanol–water partition coefficient (Wildman–Crippen LogP) is 3.61. The van der Waals surface area contributed by atoms with E-state index in [0.29, 0.717) is 6.04 Å². The molecule has 0 radical (unpaired) electrons. The van der Waals surface area contributed by atoms with Gasteiger partial charge >= 0.3 is 0 Å². The van der Waals surface area contributed by atoms with E-state index in [0.717, 1.165) is 36.3 Å². The third kappa shape index (κ3) is 3.67. The van der Waals surface area contributed by atoms with E-state index in [-0.39, 0.29) is 0 Å². The fourth-order valence-corrected chi connectivity index (χ4v) is 3.48. The largest absolute Gasteiger partial charge is 0.353 e. The molecule has 0 aliphatic carbocycles. The Labute approximate surface area is 149 Å². The molecule has 1 atom stereocenters. The second kappa shape index (κ2) is 7.18. The number of hydrogen-bond donors (Lipinski definition) is 1. The quantitative estimate of drug-likeness (QED) is 0.844. The van der Waals surface area contributed by atoms with Crippen molar-refractivity contribution in [3.63, 3.8) is 0 Å². The first-order valence-electron chi connectivity index (χ1n) is 8.35. The number of anilines is 2. The molecule has 0 bridgehead atoms. The molecule has 2 heterocycles. The van der Waals surface area contributed by atoms with E-state index in [2.05, 4.69) is 71.2 Å². The van der Waals surface area contributed by atoms with Crippen LogP contribution in [0.25, 0.3) is 0 Å². The van der Waals surface area contributed by atoms with E-state index in [1.807, 2.05) is 12.3 Å². The van der Waals surface area contributed by atoms with Crippen molar-refractivity contribution in [3.05, 3.63) is 53.7 Å². The van der Waals surface area contributed by atoms with Crippen molar-refractivity contribution in [1.82, 2.24) is 9.88 Å². The van der Waals surface area contributed by atoms with Gasteiger partial charge in [-0.25, -0.2) is 4.98 Å². The van der Waals surface area contributed by atoms with Gasteiger partial charge in [-0.3, -0.25) is 0 Å². The predicted molar refractivity (Wildman–Crippen MR) is 105 cm³/mol. The average molecular weight is 340 g/mol. The molecule has 126 valence electrons. The molecule has 1 aromatic heterocycles. The zero-order valence-corrected chi connectivity index (χ0v) is 15.3. The molecule has 1 saturated heterocycles. The maximum Gasteiger partial charge on any atom is 0.173 e. The van der Waals surface area contributed by atoms with Gasteiger partial charge in [0.25, 0.3) is 0 Å². The van der Waals surface area contributed by atoms with Crippen molar-refractivity contribution < 1.29 is 0 Å². The number of hydrogen-bond acceptors (Lipinski definition) is 3. The minimum Gasteiger partial charge on any atom is -0.353 e. The van der Waals surface area contributed by atoms with Crippen molar-refractivity contribution in [2.75, 3.05) is 29.9 Å². The topological polar surface area (TPSA) is 31.4 Å². The number of nitrogens with zero attached hydrogens (tertiary/aromatic N) is 3. The SMILES string of the molecule is Cc1ccc(NC(=S)N2CCN(c3ncccc3C)CC2C)cc1. The molecule has 0 saturated carbocycles. The van der Waals surface area contributed by atoms with Gasteiger partial charge in [0.2, 0.25) is 0 Å². The standard InChI is InChI=1S/C19H24N4S/c1-14-6-8-17(9-7-14)21-19(24)23-12-11-22(13-16(23)3)18-15(2)5-4-10-20-18/h4-10,16H,11-13H2,1-3H3,(H,21,24). The van der Waals surface area contributed by atoms with Gasteiger partial charge in [0.05, 0.1) is 0 Å². The molecule has 1 aliphatic rings. The van der Waals surface area contributed by atoms with Crippen LogP contribution in [0.4, 0.5) is 11.5 Å². The molecule has 1 aliphatic heterocycles. The zero-order valence-electron chi connectivity index (χ0n) is 14.5. The Morgan fingerprint density at radius 2 is 1.92 bits per heavy atom. The van der Waals surface area contributed by atoms with E-state index >= 15 is 0 Å². The van der Waals surface area contributed by atoms with Crippen LogP contribution in [0.15, 0.2) is 42.6 Å². The number of aryl methyl sites for hydroxylation is 2. The third-order valence-corrected chi connectivity index (χ3v) is 4.81. The summed E-state index contributed by atoms with van der Waals surface area (Å²) in [5, 5.41) is 4.15. The Hall–Kier alpha value is -2.14. The van der Waals surface area contributed by atoms with Gasteiger partial charge in [-0.2, -0.15) is 0 Å². The molecule has 0 spiro atoms. The molecule has 3 rings (SSSR count). The van der Waals surface area contributed by atoms with Gasteiger partial charge < -0.3 is 15.1 Å². The Kier molecular flexibility index (Phi) is 5.00. The van der Waals surface area contributed by atoms with Crippen LogP contribution < -0.4 is 10.2 Å². The van der Waals surface area contributed by atoms with Crippen LogP contribution in [-0.2, 0) is 0 Å². The number of benzene rings is 1. The van der Waals surface area contributed by atoms with Crippen LogP contribution in [-0.4, -0.2) is 40.7 Å². The molecule has 1 unspecified atom stereocenters. The number of nitrogens with one attached hydrogen (secondary N) is 1. The molecular weight excluding hydrogens is 316 g/mol. The van der Waals surface area contributed by atoms with E-state index in [1.165, 1.54) is 11.1 Å². The lowest BCUT2D eigenvalue weighted by Crippen LogP contribution is -2.55. The van der Waals surface area contributed by atoms with Gasteiger partial charge in [0.1, 0.15) is 5.82 Å². The van der Waals surface area contributed by atoms with Crippen molar-refractivity contribution in [1.29, 1.82) is 0 Å². The summed E-state index contributed by atoms with van der Waals surface area (Å²) in [6.07, 6.45) is 1.86. The smallest absolute Gasteiger partial charge is 0.173 e. The molecule has 4 nitrogen and oxygen atoms in total. The van der Waals surface area contributed by atoms with Crippen LogP contribution in [0.2, 0.25) is 0 Å². The lowest BCUT2D eigenvalue weighted by Gasteiger charge is -2.42. The Balaban J connectivity index is 1.64. The first kappa shape index (κ1) is 16.7. The summed E-state index contributed by atoms with van der Waals surface area (Å²) in [5.41, 5.74) is 3.51. The number of aromatic nitrogens is 1.